The number of carbonyl (C=O) groups excluding carboxylic acids is 2. The molecule has 3 amide bonds. The molecule has 0 bridgehead atoms. The highest BCUT2D eigenvalue weighted by Crippen LogP contribution is 2.20. The van der Waals surface area contributed by atoms with Gasteiger partial charge in [0.2, 0.25) is 0 Å². The monoisotopic (exact) mass is 357 g/mol. The maximum Gasteiger partial charge on any atom is 0.317 e. The number of carbonyl (C=O) groups is 2. The second-order valence-electron chi connectivity index (χ2n) is 6.96. The molecule has 1 N–H and O–H groups in total. The van der Waals surface area contributed by atoms with Crippen LogP contribution in [-0.2, 0) is 0 Å². The van der Waals surface area contributed by atoms with E-state index < -0.39 is 0 Å². The molecule has 1 saturated heterocycles. The van der Waals surface area contributed by atoms with E-state index in [1.165, 1.54) is 0 Å². The van der Waals surface area contributed by atoms with Crippen molar-refractivity contribution < 1.29 is 9.59 Å². The first kappa shape index (κ1) is 18.2. The number of imidazole rings is 1. The number of piperazine rings is 1. The van der Waals surface area contributed by atoms with Crippen LogP contribution in [-0.4, -0.2) is 64.0 Å². The van der Waals surface area contributed by atoms with Crippen molar-refractivity contribution in [2.45, 2.75) is 33.2 Å². The maximum atomic E-state index is 12.8. The van der Waals surface area contributed by atoms with Crippen molar-refractivity contribution in [3.63, 3.8) is 0 Å². The minimum Gasteiger partial charge on any atom is -0.338 e. The van der Waals surface area contributed by atoms with E-state index in [2.05, 4.69) is 28.7 Å². The van der Waals surface area contributed by atoms with E-state index in [1.54, 1.807) is 4.90 Å². The Hall–Kier alpha value is -2.57. The molecule has 2 aromatic rings. The van der Waals surface area contributed by atoms with Crippen LogP contribution in [0.1, 0.15) is 43.6 Å². The van der Waals surface area contributed by atoms with Crippen LogP contribution in [0.15, 0.2) is 24.5 Å². The number of nitrogens with zero attached hydrogens (tertiary/aromatic N) is 4. The lowest BCUT2D eigenvalue weighted by Crippen LogP contribution is -2.53. The van der Waals surface area contributed by atoms with Gasteiger partial charge in [-0.3, -0.25) is 4.79 Å². The summed E-state index contributed by atoms with van der Waals surface area (Å²) >= 11 is 0. The van der Waals surface area contributed by atoms with Gasteiger partial charge in [0.1, 0.15) is 0 Å². The lowest BCUT2D eigenvalue weighted by atomic mass is 10.1. The Labute approximate surface area is 154 Å². The molecular formula is C19H27N5O2. The number of rotatable bonds is 4. The summed E-state index contributed by atoms with van der Waals surface area (Å²) in [6.45, 7) is 9.15. The highest BCUT2D eigenvalue weighted by atomic mass is 16.2. The molecule has 7 nitrogen and oxygen atoms in total. The number of hydrogen-bond donors (Lipinski definition) is 1. The van der Waals surface area contributed by atoms with E-state index >= 15 is 0 Å². The van der Waals surface area contributed by atoms with Crippen molar-refractivity contribution in [2.24, 2.45) is 0 Å². The molecule has 0 saturated carbocycles. The van der Waals surface area contributed by atoms with E-state index in [0.29, 0.717) is 44.3 Å². The van der Waals surface area contributed by atoms with Crippen LogP contribution in [0, 0.1) is 0 Å². The van der Waals surface area contributed by atoms with Crippen LogP contribution in [0.4, 0.5) is 4.79 Å². The van der Waals surface area contributed by atoms with Gasteiger partial charge in [-0.2, -0.15) is 0 Å². The van der Waals surface area contributed by atoms with Crippen molar-refractivity contribution in [1.82, 2.24) is 24.7 Å². The molecule has 3 rings (SSSR count). The summed E-state index contributed by atoms with van der Waals surface area (Å²) in [7, 11) is 0. The van der Waals surface area contributed by atoms with E-state index in [-0.39, 0.29) is 11.9 Å². The van der Waals surface area contributed by atoms with Gasteiger partial charge in [0, 0.05) is 44.3 Å². The number of benzene rings is 1. The summed E-state index contributed by atoms with van der Waals surface area (Å²) in [5.41, 5.74) is 2.52. The van der Waals surface area contributed by atoms with Crippen LogP contribution in [0.25, 0.3) is 11.0 Å². The molecule has 140 valence electrons. The van der Waals surface area contributed by atoms with Crippen molar-refractivity contribution in [2.75, 3.05) is 32.7 Å². The fourth-order valence-corrected chi connectivity index (χ4v) is 3.22. The van der Waals surface area contributed by atoms with Gasteiger partial charge in [-0.05, 0) is 38.5 Å². The topological polar surface area (TPSA) is 70.5 Å². The van der Waals surface area contributed by atoms with Gasteiger partial charge in [-0.1, -0.05) is 6.92 Å². The highest BCUT2D eigenvalue weighted by Gasteiger charge is 2.25. The predicted octanol–water partition coefficient (Wildman–Crippen LogP) is 2.49. The smallest absolute Gasteiger partial charge is 0.317 e. The van der Waals surface area contributed by atoms with Gasteiger partial charge in [0.05, 0.1) is 17.4 Å². The summed E-state index contributed by atoms with van der Waals surface area (Å²) in [6, 6.07) is 5.97. The Morgan fingerprint density at radius 1 is 1.15 bits per heavy atom. The molecule has 1 aliphatic heterocycles. The summed E-state index contributed by atoms with van der Waals surface area (Å²) in [5.74, 6) is -0.000358. The van der Waals surface area contributed by atoms with Crippen molar-refractivity contribution in [3.8, 4) is 0 Å². The van der Waals surface area contributed by atoms with Crippen LogP contribution in [0.3, 0.4) is 0 Å². The second-order valence-corrected chi connectivity index (χ2v) is 6.96. The molecule has 0 spiro atoms. The third-order valence-corrected chi connectivity index (χ3v) is 4.76. The minimum atomic E-state index is -0.0420. The minimum absolute atomic E-state index is 0.000358. The van der Waals surface area contributed by atoms with Gasteiger partial charge < -0.3 is 19.7 Å². The average Bonchev–Trinajstić information content (AvgIpc) is 3.09. The average molecular weight is 357 g/mol. The van der Waals surface area contributed by atoms with Crippen molar-refractivity contribution in [3.05, 3.63) is 30.1 Å². The Bertz CT molecular complexity index is 790. The zero-order valence-electron chi connectivity index (χ0n) is 15.7. The Kier molecular flexibility index (Phi) is 5.44. The summed E-state index contributed by atoms with van der Waals surface area (Å²) in [4.78, 5) is 32.8. The van der Waals surface area contributed by atoms with Crippen LogP contribution >= 0.6 is 0 Å². The van der Waals surface area contributed by atoms with Crippen LogP contribution in [0.5, 0.6) is 0 Å². The largest absolute Gasteiger partial charge is 0.338 e. The fraction of sp³-hybridized carbons (Fsp3) is 0.526. The Morgan fingerprint density at radius 2 is 1.85 bits per heavy atom. The first-order valence-electron chi connectivity index (χ1n) is 9.30. The van der Waals surface area contributed by atoms with Crippen LogP contribution in [0.2, 0.25) is 0 Å². The molecule has 1 aromatic carbocycles. The summed E-state index contributed by atoms with van der Waals surface area (Å²) in [6.07, 6.45) is 2.73. The number of hydrogen-bond acceptors (Lipinski definition) is 3. The van der Waals surface area contributed by atoms with Crippen molar-refractivity contribution in [1.29, 1.82) is 0 Å². The van der Waals surface area contributed by atoms with Gasteiger partial charge >= 0.3 is 6.03 Å². The normalized spacial score (nSPS) is 14.9. The molecular weight excluding hydrogens is 330 g/mol. The van der Waals surface area contributed by atoms with Gasteiger partial charge in [0.15, 0.2) is 0 Å². The third-order valence-electron chi connectivity index (χ3n) is 4.76. The van der Waals surface area contributed by atoms with Crippen molar-refractivity contribution >= 4 is 23.0 Å². The van der Waals surface area contributed by atoms with E-state index in [1.807, 2.05) is 36.4 Å². The van der Waals surface area contributed by atoms with E-state index in [9.17, 15) is 9.59 Å². The number of fused-ring (bicyclic) bond motifs is 1. The quantitative estimate of drug-likeness (QED) is 0.914. The molecule has 1 aromatic heterocycles. The van der Waals surface area contributed by atoms with Gasteiger partial charge in [-0.15, -0.1) is 0 Å². The number of urea groups is 1. The molecule has 1 fully saturated rings. The molecule has 0 aliphatic carbocycles. The summed E-state index contributed by atoms with van der Waals surface area (Å²) < 4.78 is 2.09. The van der Waals surface area contributed by atoms with E-state index in [4.69, 9.17) is 0 Å². The molecule has 0 atom stereocenters. The molecule has 1 aliphatic rings. The molecule has 26 heavy (non-hydrogen) atoms. The van der Waals surface area contributed by atoms with Gasteiger partial charge in [-0.25, -0.2) is 9.78 Å². The third kappa shape index (κ3) is 3.66. The first-order chi connectivity index (χ1) is 12.5. The fourth-order valence-electron chi connectivity index (χ4n) is 3.22. The molecule has 2 heterocycles. The molecule has 0 unspecified atom stereocenters. The van der Waals surface area contributed by atoms with Crippen LogP contribution < -0.4 is 5.32 Å². The second kappa shape index (κ2) is 7.76. The standard InChI is InChI=1S/C19H27N5O2/c1-4-7-20-19(26)23-10-8-22(9-11-23)18(25)15-5-6-17-16(12-15)21-13-24(17)14(2)3/h5-6,12-14H,4,7-11H2,1-3H3,(H,20,26). The number of nitrogens with one attached hydrogen (secondary N) is 1. The predicted molar refractivity (Wildman–Crippen MR) is 101 cm³/mol. The molecule has 0 radical (unpaired) electrons. The lowest BCUT2D eigenvalue weighted by Gasteiger charge is -2.34. The summed E-state index contributed by atoms with van der Waals surface area (Å²) in [5, 5.41) is 2.88. The highest BCUT2D eigenvalue weighted by molar-refractivity contribution is 5.97. The first-order valence-corrected chi connectivity index (χ1v) is 9.30. The lowest BCUT2D eigenvalue weighted by molar-refractivity contribution is 0.0665. The maximum absolute atomic E-state index is 12.8. The zero-order valence-corrected chi connectivity index (χ0v) is 15.7. The number of aromatic nitrogens is 2. The Balaban J connectivity index is 1.65. The molecule has 7 heteroatoms. The SMILES string of the molecule is CCCNC(=O)N1CCN(C(=O)c2ccc3c(c2)ncn3C(C)C)CC1. The van der Waals surface area contributed by atoms with Gasteiger partial charge in [0.25, 0.3) is 5.91 Å². The number of amides is 3. The zero-order chi connectivity index (χ0) is 18.7. The van der Waals surface area contributed by atoms with E-state index in [0.717, 1.165) is 17.5 Å². The Morgan fingerprint density at radius 3 is 2.50 bits per heavy atom.